The van der Waals surface area contributed by atoms with Gasteiger partial charge in [-0.05, 0) is 80.7 Å². The van der Waals surface area contributed by atoms with Gasteiger partial charge in [0.2, 0.25) is 6.16 Å². The summed E-state index contributed by atoms with van der Waals surface area (Å²) in [6, 6.07) is 29.2. The quantitative estimate of drug-likeness (QED) is 0.0626. The maximum Gasteiger partial charge on any atom is 0.512 e. The van der Waals surface area contributed by atoms with Crippen LogP contribution in [-0.2, 0) is 24.9 Å². The molecule has 6 nitrogen and oxygen atoms in total. The Morgan fingerprint density at radius 3 is 2.07 bits per heavy atom. The van der Waals surface area contributed by atoms with Crippen LogP contribution in [0.2, 0.25) is 5.04 Å². The summed E-state index contributed by atoms with van der Waals surface area (Å²) in [4.78, 5) is 12.0. The van der Waals surface area contributed by atoms with E-state index < -0.39 is 28.4 Å². The Hall–Kier alpha value is -3.52. The summed E-state index contributed by atoms with van der Waals surface area (Å²) in [6.45, 7) is 12.6. The van der Waals surface area contributed by atoms with E-state index in [2.05, 4.69) is 38.2 Å². The predicted molar refractivity (Wildman–Crippen MR) is 186 cm³/mol. The van der Waals surface area contributed by atoms with Crippen molar-refractivity contribution in [2.24, 2.45) is 0 Å². The molecule has 4 aromatic carbocycles. The average molecular weight is 661 g/mol. The molecule has 0 amide bonds. The Bertz CT molecular complexity index is 1620. The molecule has 242 valence electrons. The lowest BCUT2D eigenvalue weighted by Gasteiger charge is -2.44. The summed E-state index contributed by atoms with van der Waals surface area (Å²) < 4.78 is 40.0. The maximum atomic E-state index is 14.0. The first-order chi connectivity index (χ1) is 21.8. The molecule has 0 fully saturated rings. The van der Waals surface area contributed by atoms with Crippen molar-refractivity contribution in [3.8, 4) is 11.1 Å². The van der Waals surface area contributed by atoms with Gasteiger partial charge in [0.1, 0.15) is 11.9 Å². The molecule has 0 aliphatic carbocycles. The Morgan fingerprint density at radius 2 is 1.52 bits per heavy atom. The van der Waals surface area contributed by atoms with Gasteiger partial charge in [-0.15, -0.1) is 4.52 Å². The van der Waals surface area contributed by atoms with Gasteiger partial charge in [-0.2, -0.15) is 0 Å². The molecular weight excluding hydrogens is 616 g/mol. The molecule has 0 aliphatic rings. The first-order valence-electron chi connectivity index (χ1n) is 15.5. The van der Waals surface area contributed by atoms with E-state index in [4.69, 9.17) is 8.95 Å². The van der Waals surface area contributed by atoms with Gasteiger partial charge in [0.15, 0.2) is 6.73 Å². The molecule has 1 unspecified atom stereocenters. The van der Waals surface area contributed by atoms with Crippen molar-refractivity contribution in [3.63, 3.8) is 0 Å². The first kappa shape index (κ1) is 35.3. The number of halogens is 1. The Morgan fingerprint density at radius 1 is 0.913 bits per heavy atom. The van der Waals surface area contributed by atoms with Crippen molar-refractivity contribution >= 4 is 32.7 Å². The highest BCUT2D eigenvalue weighted by Gasteiger charge is 2.52. The highest BCUT2D eigenvalue weighted by molar-refractivity contribution is 7.39. The summed E-state index contributed by atoms with van der Waals surface area (Å²) in [6.07, 6.45) is -1.19. The molecule has 0 bridgehead atoms. The van der Waals surface area contributed by atoms with Gasteiger partial charge >= 0.3 is 14.0 Å². The van der Waals surface area contributed by atoms with Gasteiger partial charge in [-0.1, -0.05) is 105 Å². The van der Waals surface area contributed by atoms with E-state index in [0.717, 1.165) is 38.2 Å². The van der Waals surface area contributed by atoms with E-state index in [-0.39, 0.29) is 30.2 Å². The fourth-order valence-electron chi connectivity index (χ4n) is 6.09. The van der Waals surface area contributed by atoms with Crippen LogP contribution in [0.5, 0.6) is 0 Å². The van der Waals surface area contributed by atoms with Crippen LogP contribution in [0, 0.1) is 26.6 Å². The number of carbonyl (C=O) groups is 1. The van der Waals surface area contributed by atoms with E-state index >= 15 is 0 Å². The molecule has 9 heteroatoms. The van der Waals surface area contributed by atoms with Gasteiger partial charge in [-0.25, -0.2) is 4.39 Å². The monoisotopic (exact) mass is 660 g/mol. The lowest BCUT2D eigenvalue weighted by molar-refractivity contribution is -0.138. The Kier molecular flexibility index (Phi) is 11.8. The fourth-order valence-corrected chi connectivity index (χ4v) is 11.8. The first-order valence-corrected chi connectivity index (χ1v) is 18.7. The van der Waals surface area contributed by atoms with E-state index in [0.29, 0.717) is 12.1 Å². The molecule has 0 aliphatic heterocycles. The largest absolute Gasteiger partial charge is 0.512 e. The van der Waals surface area contributed by atoms with E-state index in [1.807, 2.05) is 80.6 Å². The zero-order valence-corrected chi connectivity index (χ0v) is 29.4. The second-order valence-corrected chi connectivity index (χ2v) is 18.3. The third-order valence-electron chi connectivity index (χ3n) is 8.21. The number of carboxylic acids is 1. The predicted octanol–water partition coefficient (Wildman–Crippen LogP) is 7.64. The van der Waals surface area contributed by atoms with Crippen molar-refractivity contribution in [2.45, 2.75) is 65.7 Å². The fraction of sp³-hybridized carbons (Fsp3) is 0.324. The zero-order valence-electron chi connectivity index (χ0n) is 27.5. The summed E-state index contributed by atoms with van der Waals surface area (Å²) >= 11 is 0. The minimum absolute atomic E-state index is 0.00338. The SMILES string of the molecule is Cc1cc(C)c(CNCO[P+](=O)C[C@H](CC(=O)O)O[Si](c2ccccc2)(c2ccccc2)C(C)(C)C)c(-c2ccc(F)c(C)c2)c1. The molecule has 2 N–H and O–H groups in total. The number of aryl methyl sites for hydroxylation is 3. The lowest BCUT2D eigenvalue weighted by Crippen LogP contribution is -2.68. The standard InChI is InChI=1S/C37H43FNO5PSi/c1-26-19-27(2)34(33(20-26)29-17-18-35(38)28(3)21-29)23-39-25-43-45(42)24-30(22-36(40)41)44-46(37(4,5)6,31-13-9-7-10-14-31)32-15-11-8-12-16-32/h7-21,30,39H,22-25H2,1-6H3/p+1/t30-/m0/s1. The lowest BCUT2D eigenvalue weighted by atomic mass is 9.93. The number of carboxylic acid groups (broad SMARTS) is 1. The molecule has 0 heterocycles. The third-order valence-corrected chi connectivity index (χ3v) is 14.4. The highest BCUT2D eigenvalue weighted by Crippen LogP contribution is 2.39. The van der Waals surface area contributed by atoms with Crippen LogP contribution in [0.3, 0.4) is 0 Å². The molecule has 0 radical (unpaired) electrons. The van der Waals surface area contributed by atoms with Crippen molar-refractivity contribution in [2.75, 3.05) is 12.9 Å². The second kappa shape index (κ2) is 15.4. The number of hydrogen-bond donors (Lipinski definition) is 2. The minimum Gasteiger partial charge on any atom is -0.481 e. The van der Waals surface area contributed by atoms with Crippen LogP contribution in [0.1, 0.15) is 49.4 Å². The van der Waals surface area contributed by atoms with Crippen molar-refractivity contribution < 1.29 is 27.8 Å². The van der Waals surface area contributed by atoms with E-state index in [1.165, 1.54) is 6.07 Å². The maximum absolute atomic E-state index is 14.0. The van der Waals surface area contributed by atoms with Crippen LogP contribution in [0.15, 0.2) is 91.0 Å². The number of aliphatic carboxylic acids is 1. The molecular formula is C37H44FNO5PSi+. The van der Waals surface area contributed by atoms with Gasteiger partial charge in [-0.3, -0.25) is 10.1 Å². The Labute approximate surface area is 274 Å². The summed E-state index contributed by atoms with van der Waals surface area (Å²) in [7, 11) is -5.32. The third kappa shape index (κ3) is 8.44. The number of hydrogen-bond acceptors (Lipinski definition) is 5. The summed E-state index contributed by atoms with van der Waals surface area (Å²) in [5, 5.41) is 14.7. The van der Waals surface area contributed by atoms with Crippen molar-refractivity contribution in [1.29, 1.82) is 0 Å². The zero-order chi connectivity index (χ0) is 33.5. The number of benzene rings is 4. The van der Waals surface area contributed by atoms with Crippen LogP contribution >= 0.6 is 8.03 Å². The summed E-state index contributed by atoms with van der Waals surface area (Å²) in [5.41, 5.74) is 5.71. The highest BCUT2D eigenvalue weighted by atomic mass is 31.1. The van der Waals surface area contributed by atoms with Gasteiger partial charge in [0.25, 0.3) is 8.32 Å². The average Bonchev–Trinajstić information content (AvgIpc) is 3.00. The summed E-state index contributed by atoms with van der Waals surface area (Å²) in [5.74, 6) is -1.27. The second-order valence-electron chi connectivity index (χ2n) is 12.8. The molecule has 0 aromatic heterocycles. The van der Waals surface area contributed by atoms with Crippen LogP contribution in [-0.4, -0.2) is 38.4 Å². The van der Waals surface area contributed by atoms with Gasteiger partial charge in [0.05, 0.1) is 6.42 Å². The number of rotatable bonds is 14. The van der Waals surface area contributed by atoms with Crippen molar-refractivity contribution in [1.82, 2.24) is 5.32 Å². The minimum atomic E-state index is -3.07. The molecule has 0 saturated heterocycles. The molecule has 2 atom stereocenters. The topological polar surface area (TPSA) is 84.9 Å². The molecule has 46 heavy (non-hydrogen) atoms. The van der Waals surface area contributed by atoms with E-state index in [9.17, 15) is 18.9 Å². The Balaban J connectivity index is 1.51. The van der Waals surface area contributed by atoms with Gasteiger partial charge in [0, 0.05) is 6.54 Å². The molecule has 4 rings (SSSR count). The normalized spacial score (nSPS) is 13.0. The number of nitrogens with one attached hydrogen (secondary N) is 1. The van der Waals surface area contributed by atoms with E-state index in [1.54, 1.807) is 13.0 Å². The molecule has 0 saturated carbocycles. The van der Waals surface area contributed by atoms with Crippen LogP contribution < -0.4 is 15.7 Å². The van der Waals surface area contributed by atoms with Crippen molar-refractivity contribution in [3.05, 3.63) is 119 Å². The molecule has 0 spiro atoms. The smallest absolute Gasteiger partial charge is 0.481 e. The van der Waals surface area contributed by atoms with Crippen LogP contribution in [0.4, 0.5) is 4.39 Å². The molecule has 4 aromatic rings. The van der Waals surface area contributed by atoms with Crippen LogP contribution in [0.25, 0.3) is 11.1 Å². The van der Waals surface area contributed by atoms with Gasteiger partial charge < -0.3 is 9.53 Å².